The van der Waals surface area contributed by atoms with Gasteiger partial charge in [0.2, 0.25) is 0 Å². The van der Waals surface area contributed by atoms with Crippen molar-refractivity contribution in [2.45, 2.75) is 6.92 Å². The highest BCUT2D eigenvalue weighted by Crippen LogP contribution is 2.31. The first-order chi connectivity index (χ1) is 10.0. The highest BCUT2D eigenvalue weighted by Gasteiger charge is 2.17. The van der Waals surface area contributed by atoms with E-state index >= 15 is 0 Å². The third-order valence-electron chi connectivity index (χ3n) is 2.81. The minimum atomic E-state index is -0.491. The third kappa shape index (κ3) is 3.46. The molecule has 0 spiro atoms. The van der Waals surface area contributed by atoms with Crippen LogP contribution in [0.1, 0.15) is 17.3 Å². The number of hydrogen-bond donors (Lipinski definition) is 2. The largest absolute Gasteiger partial charge is 0.382 e. The average molecular weight is 327 g/mol. The fourth-order valence-corrected chi connectivity index (χ4v) is 2.36. The van der Waals surface area contributed by atoms with Crippen molar-refractivity contribution in [1.29, 1.82) is 0 Å². The second-order valence-corrected chi connectivity index (χ2v) is 5.06. The molecule has 2 rings (SSSR count). The van der Waals surface area contributed by atoms with E-state index in [1.54, 1.807) is 18.2 Å². The number of benzene rings is 2. The first-order valence-electron chi connectivity index (χ1n) is 6.32. The van der Waals surface area contributed by atoms with Gasteiger partial charge in [-0.25, -0.2) is 4.39 Å². The Morgan fingerprint density at radius 1 is 1.10 bits per heavy atom. The van der Waals surface area contributed by atoms with Gasteiger partial charge in [0.1, 0.15) is 5.82 Å². The normalized spacial score (nSPS) is 10.3. The van der Waals surface area contributed by atoms with Crippen molar-refractivity contribution in [3.05, 3.63) is 57.8 Å². The lowest BCUT2D eigenvalue weighted by atomic mass is 10.1. The third-order valence-corrected chi connectivity index (χ3v) is 3.44. The molecule has 0 heterocycles. The lowest BCUT2D eigenvalue weighted by Crippen LogP contribution is -2.16. The summed E-state index contributed by atoms with van der Waals surface area (Å²) in [6, 6.07) is 9.18. The van der Waals surface area contributed by atoms with E-state index in [2.05, 4.69) is 10.6 Å². The monoisotopic (exact) mass is 326 g/mol. The van der Waals surface area contributed by atoms with Gasteiger partial charge in [0, 0.05) is 6.54 Å². The van der Waals surface area contributed by atoms with E-state index in [1.165, 1.54) is 18.2 Å². The summed E-state index contributed by atoms with van der Waals surface area (Å²) in [5.41, 5.74) is 0.644. The first-order valence-corrected chi connectivity index (χ1v) is 7.08. The van der Waals surface area contributed by atoms with Crippen molar-refractivity contribution in [1.82, 2.24) is 0 Å². The van der Waals surface area contributed by atoms with Crippen LogP contribution in [-0.2, 0) is 0 Å². The smallest absolute Gasteiger partial charge is 0.257 e. The highest BCUT2D eigenvalue weighted by molar-refractivity contribution is 6.40. The Morgan fingerprint density at radius 2 is 1.71 bits per heavy atom. The van der Waals surface area contributed by atoms with E-state index in [0.717, 1.165) is 0 Å². The molecule has 0 atom stereocenters. The van der Waals surface area contributed by atoms with Crippen LogP contribution in [0, 0.1) is 5.82 Å². The lowest BCUT2D eigenvalue weighted by molar-refractivity contribution is 0.102. The molecule has 0 unspecified atom stereocenters. The summed E-state index contributed by atoms with van der Waals surface area (Å²) in [4.78, 5) is 12.3. The standard InChI is InChI=1S/C15H13Cl2FN2O/c1-2-19-13-9(5-3-8-12(13)18)15(21)20-14-10(16)6-4-7-11(14)17/h3-8,19H,2H2,1H3,(H,20,21). The van der Waals surface area contributed by atoms with E-state index in [1.807, 2.05) is 6.92 Å². The van der Waals surface area contributed by atoms with Crippen LogP contribution in [0.15, 0.2) is 36.4 Å². The molecule has 0 saturated carbocycles. The van der Waals surface area contributed by atoms with Crippen molar-refractivity contribution < 1.29 is 9.18 Å². The minimum absolute atomic E-state index is 0.153. The quantitative estimate of drug-likeness (QED) is 0.845. The summed E-state index contributed by atoms with van der Waals surface area (Å²) >= 11 is 12.0. The topological polar surface area (TPSA) is 41.1 Å². The summed E-state index contributed by atoms with van der Waals surface area (Å²) in [7, 11) is 0. The number of nitrogens with one attached hydrogen (secondary N) is 2. The molecule has 0 bridgehead atoms. The number of carbonyl (C=O) groups is 1. The zero-order valence-corrected chi connectivity index (χ0v) is 12.7. The van der Waals surface area contributed by atoms with Crippen LogP contribution in [0.5, 0.6) is 0 Å². The van der Waals surface area contributed by atoms with E-state index in [-0.39, 0.29) is 11.3 Å². The molecule has 0 aromatic heterocycles. The van der Waals surface area contributed by atoms with Gasteiger partial charge in [-0.05, 0) is 31.2 Å². The van der Waals surface area contributed by atoms with Crippen molar-refractivity contribution in [2.75, 3.05) is 17.2 Å². The first kappa shape index (κ1) is 15.6. The van der Waals surface area contributed by atoms with Crippen LogP contribution >= 0.6 is 23.2 Å². The van der Waals surface area contributed by atoms with Crippen molar-refractivity contribution in [3.8, 4) is 0 Å². The minimum Gasteiger partial charge on any atom is -0.382 e. The Morgan fingerprint density at radius 3 is 2.33 bits per heavy atom. The second kappa shape index (κ2) is 6.78. The molecular formula is C15H13Cl2FN2O. The Hall–Kier alpha value is -1.78. The Bertz CT molecular complexity index is 656. The molecule has 0 aliphatic carbocycles. The van der Waals surface area contributed by atoms with Gasteiger partial charge in [0.25, 0.3) is 5.91 Å². The van der Waals surface area contributed by atoms with Crippen LogP contribution in [0.4, 0.5) is 15.8 Å². The second-order valence-electron chi connectivity index (χ2n) is 4.24. The van der Waals surface area contributed by atoms with Crippen LogP contribution in [-0.4, -0.2) is 12.5 Å². The molecule has 1 amide bonds. The van der Waals surface area contributed by atoms with Gasteiger partial charge >= 0.3 is 0 Å². The van der Waals surface area contributed by atoms with Crippen molar-refractivity contribution in [3.63, 3.8) is 0 Å². The van der Waals surface area contributed by atoms with E-state index < -0.39 is 11.7 Å². The van der Waals surface area contributed by atoms with E-state index in [9.17, 15) is 9.18 Å². The molecule has 2 aromatic carbocycles. The Balaban J connectivity index is 2.35. The van der Waals surface area contributed by atoms with Crippen molar-refractivity contribution in [2.24, 2.45) is 0 Å². The molecule has 0 radical (unpaired) electrons. The number of amides is 1. The molecule has 3 nitrogen and oxygen atoms in total. The number of hydrogen-bond acceptors (Lipinski definition) is 2. The number of rotatable bonds is 4. The predicted molar refractivity (Wildman–Crippen MR) is 85.0 cm³/mol. The van der Waals surface area contributed by atoms with Crippen LogP contribution in [0.25, 0.3) is 0 Å². The molecule has 2 aromatic rings. The predicted octanol–water partition coefficient (Wildman–Crippen LogP) is 4.82. The van der Waals surface area contributed by atoms with Gasteiger partial charge in [0.05, 0.1) is 27.0 Å². The molecule has 0 fully saturated rings. The van der Waals surface area contributed by atoms with Gasteiger partial charge in [-0.2, -0.15) is 0 Å². The summed E-state index contributed by atoms with van der Waals surface area (Å²) in [6.45, 7) is 2.31. The maximum atomic E-state index is 13.8. The van der Waals surface area contributed by atoms with Gasteiger partial charge in [-0.1, -0.05) is 35.3 Å². The maximum absolute atomic E-state index is 13.8. The van der Waals surface area contributed by atoms with Crippen LogP contribution in [0.3, 0.4) is 0 Å². The zero-order chi connectivity index (χ0) is 15.4. The zero-order valence-electron chi connectivity index (χ0n) is 11.2. The lowest BCUT2D eigenvalue weighted by Gasteiger charge is -2.13. The Labute approximate surface area is 132 Å². The molecule has 6 heteroatoms. The SMILES string of the molecule is CCNc1c(F)cccc1C(=O)Nc1c(Cl)cccc1Cl. The highest BCUT2D eigenvalue weighted by atomic mass is 35.5. The summed E-state index contributed by atoms with van der Waals surface area (Å²) < 4.78 is 13.8. The fraction of sp³-hybridized carbons (Fsp3) is 0.133. The molecule has 0 aliphatic heterocycles. The van der Waals surface area contributed by atoms with Crippen LogP contribution in [0.2, 0.25) is 10.0 Å². The fourth-order valence-electron chi connectivity index (χ4n) is 1.87. The number of halogens is 3. The molecule has 2 N–H and O–H groups in total. The summed E-state index contributed by atoms with van der Waals surface area (Å²) in [5, 5.41) is 6.08. The van der Waals surface area contributed by atoms with Gasteiger partial charge in [-0.3, -0.25) is 4.79 Å². The summed E-state index contributed by atoms with van der Waals surface area (Å²) in [6.07, 6.45) is 0. The van der Waals surface area contributed by atoms with E-state index in [0.29, 0.717) is 22.3 Å². The van der Waals surface area contributed by atoms with Gasteiger partial charge in [-0.15, -0.1) is 0 Å². The number of para-hydroxylation sites is 2. The maximum Gasteiger partial charge on any atom is 0.257 e. The number of anilines is 2. The molecule has 0 aliphatic rings. The summed E-state index contributed by atoms with van der Waals surface area (Å²) in [5.74, 6) is -0.977. The Kier molecular flexibility index (Phi) is 5.04. The van der Waals surface area contributed by atoms with Gasteiger partial charge in [0.15, 0.2) is 0 Å². The molecular weight excluding hydrogens is 314 g/mol. The molecule has 0 saturated heterocycles. The van der Waals surface area contributed by atoms with E-state index in [4.69, 9.17) is 23.2 Å². The molecule has 21 heavy (non-hydrogen) atoms. The number of carbonyl (C=O) groups excluding carboxylic acids is 1. The van der Waals surface area contributed by atoms with Crippen molar-refractivity contribution >= 4 is 40.5 Å². The van der Waals surface area contributed by atoms with Crippen LogP contribution < -0.4 is 10.6 Å². The average Bonchev–Trinajstić information content (AvgIpc) is 2.45. The molecule has 110 valence electrons. The van der Waals surface area contributed by atoms with Gasteiger partial charge < -0.3 is 10.6 Å².